The molecule has 0 aliphatic rings. The summed E-state index contributed by atoms with van der Waals surface area (Å²) in [6.45, 7) is 0. The molecule has 0 unspecified atom stereocenters. The number of nitrogens with zero attached hydrogens (tertiary/aromatic N) is 2. The van der Waals surface area contributed by atoms with E-state index in [9.17, 15) is 0 Å². The standard InChI is InChI=1S/C52H36N2S/c1-5-19-37(20-6-1)43-29-15-17-31-47(43)53(41-25-9-3-10-26-41)49-34-33-45-46-35-39-23-13-14-24-40(39)36-50(46)55-52(45)51(49)54(42-27-11-4-12-28-42)48-32-18-16-30-44(48)38-21-7-2-8-22-38/h1-36H. The van der Waals surface area contributed by atoms with Gasteiger partial charge in [-0.15, -0.1) is 11.3 Å². The Labute approximate surface area is 325 Å². The van der Waals surface area contributed by atoms with Gasteiger partial charge in [-0.3, -0.25) is 0 Å². The maximum Gasteiger partial charge on any atom is 0.0883 e. The molecule has 0 radical (unpaired) electrons. The number of rotatable bonds is 8. The van der Waals surface area contributed by atoms with Crippen molar-refractivity contribution in [3.63, 3.8) is 0 Å². The Bertz CT molecular complexity index is 2920. The number of para-hydroxylation sites is 4. The second-order valence-corrected chi connectivity index (χ2v) is 14.8. The molecule has 0 atom stereocenters. The van der Waals surface area contributed by atoms with Crippen molar-refractivity contribution in [2.45, 2.75) is 0 Å². The van der Waals surface area contributed by atoms with Crippen molar-refractivity contribution in [2.75, 3.05) is 9.80 Å². The zero-order chi connectivity index (χ0) is 36.6. The predicted molar refractivity (Wildman–Crippen MR) is 237 cm³/mol. The Morgan fingerprint density at radius 3 is 1.36 bits per heavy atom. The van der Waals surface area contributed by atoms with Crippen molar-refractivity contribution in [2.24, 2.45) is 0 Å². The summed E-state index contributed by atoms with van der Waals surface area (Å²) in [4.78, 5) is 4.95. The molecule has 9 aromatic carbocycles. The average Bonchev–Trinajstić information content (AvgIpc) is 3.62. The van der Waals surface area contributed by atoms with Gasteiger partial charge in [-0.05, 0) is 76.5 Å². The van der Waals surface area contributed by atoms with Crippen LogP contribution in [0.3, 0.4) is 0 Å². The smallest absolute Gasteiger partial charge is 0.0883 e. The zero-order valence-electron chi connectivity index (χ0n) is 30.1. The number of hydrogen-bond donors (Lipinski definition) is 0. The van der Waals surface area contributed by atoms with Crippen LogP contribution in [0.5, 0.6) is 0 Å². The first kappa shape index (κ1) is 32.7. The molecule has 2 nitrogen and oxygen atoms in total. The molecule has 0 amide bonds. The van der Waals surface area contributed by atoms with Gasteiger partial charge in [0.25, 0.3) is 0 Å². The lowest BCUT2D eigenvalue weighted by atomic mass is 9.99. The Hall–Kier alpha value is -6.94. The van der Waals surface area contributed by atoms with Gasteiger partial charge >= 0.3 is 0 Å². The fourth-order valence-electron chi connectivity index (χ4n) is 7.91. The van der Waals surface area contributed by atoms with Gasteiger partial charge in [-0.2, -0.15) is 0 Å². The van der Waals surface area contributed by atoms with Crippen molar-refractivity contribution < 1.29 is 0 Å². The number of anilines is 6. The molecule has 10 rings (SSSR count). The minimum absolute atomic E-state index is 1.09. The SMILES string of the molecule is c1ccc(-c2ccccc2N(c2ccccc2)c2ccc3c(sc4cc5ccccc5cc43)c2N(c2ccccc2)c2ccccc2-c2ccccc2)cc1. The van der Waals surface area contributed by atoms with Crippen molar-refractivity contribution in [1.82, 2.24) is 0 Å². The molecular formula is C52H36N2S. The summed E-state index contributed by atoms with van der Waals surface area (Å²) < 4.78 is 2.50. The molecule has 10 aromatic rings. The molecule has 0 bridgehead atoms. The number of thiophene rings is 1. The van der Waals surface area contributed by atoms with Crippen LogP contribution in [0.1, 0.15) is 0 Å². The van der Waals surface area contributed by atoms with Crippen LogP contribution < -0.4 is 9.80 Å². The number of fused-ring (bicyclic) bond motifs is 4. The van der Waals surface area contributed by atoms with Gasteiger partial charge in [-0.25, -0.2) is 0 Å². The van der Waals surface area contributed by atoms with Gasteiger partial charge in [0.15, 0.2) is 0 Å². The molecule has 1 heterocycles. The van der Waals surface area contributed by atoms with Crippen LogP contribution in [0.25, 0.3) is 53.2 Å². The van der Waals surface area contributed by atoms with Crippen LogP contribution in [0.4, 0.5) is 34.1 Å². The summed E-state index contributed by atoms with van der Waals surface area (Å²) in [5.41, 5.74) is 11.3. The lowest BCUT2D eigenvalue weighted by molar-refractivity contribution is 1.24. The first-order chi connectivity index (χ1) is 27.3. The third kappa shape index (κ3) is 5.92. The van der Waals surface area contributed by atoms with Crippen LogP contribution in [0, 0.1) is 0 Å². The molecule has 0 saturated heterocycles. The molecular weight excluding hydrogens is 685 g/mol. The third-order valence-electron chi connectivity index (χ3n) is 10.4. The monoisotopic (exact) mass is 720 g/mol. The van der Waals surface area contributed by atoms with Gasteiger partial charge in [0.1, 0.15) is 0 Å². The van der Waals surface area contributed by atoms with Gasteiger partial charge in [-0.1, -0.05) is 164 Å². The zero-order valence-corrected chi connectivity index (χ0v) is 30.9. The van der Waals surface area contributed by atoms with E-state index < -0.39 is 0 Å². The quantitative estimate of drug-likeness (QED) is 0.154. The maximum atomic E-state index is 2.50. The first-order valence-corrected chi connectivity index (χ1v) is 19.5. The Morgan fingerprint density at radius 1 is 0.327 bits per heavy atom. The molecule has 0 fully saturated rings. The second kappa shape index (κ2) is 14.1. The number of hydrogen-bond acceptors (Lipinski definition) is 3. The summed E-state index contributed by atoms with van der Waals surface area (Å²) in [5.74, 6) is 0. The van der Waals surface area contributed by atoms with Crippen LogP contribution in [-0.4, -0.2) is 0 Å². The van der Waals surface area contributed by atoms with E-state index in [0.717, 1.165) is 45.3 Å². The maximum absolute atomic E-state index is 2.50. The van der Waals surface area contributed by atoms with Crippen molar-refractivity contribution in [3.8, 4) is 22.3 Å². The van der Waals surface area contributed by atoms with Crippen molar-refractivity contribution >= 4 is 76.4 Å². The minimum atomic E-state index is 1.09. The lowest BCUT2D eigenvalue weighted by Gasteiger charge is -2.35. The summed E-state index contributed by atoms with van der Waals surface area (Å²) in [5, 5.41) is 5.01. The summed E-state index contributed by atoms with van der Waals surface area (Å²) in [6, 6.07) is 78.9. The van der Waals surface area contributed by atoms with Gasteiger partial charge < -0.3 is 9.80 Å². The molecule has 3 heteroatoms. The molecule has 260 valence electrons. The molecule has 0 N–H and O–H groups in total. The Balaban J connectivity index is 1.36. The van der Waals surface area contributed by atoms with Crippen molar-refractivity contribution in [1.29, 1.82) is 0 Å². The number of benzene rings is 9. The van der Waals surface area contributed by atoms with Gasteiger partial charge in [0.05, 0.1) is 27.4 Å². The van der Waals surface area contributed by atoms with Crippen LogP contribution in [0.15, 0.2) is 218 Å². The average molecular weight is 721 g/mol. The molecule has 0 spiro atoms. The van der Waals surface area contributed by atoms with E-state index in [1.165, 1.54) is 42.1 Å². The largest absolute Gasteiger partial charge is 0.308 e. The van der Waals surface area contributed by atoms with E-state index in [1.807, 2.05) is 11.3 Å². The summed E-state index contributed by atoms with van der Waals surface area (Å²) in [7, 11) is 0. The molecule has 0 saturated carbocycles. The molecule has 0 aliphatic heterocycles. The fraction of sp³-hybridized carbons (Fsp3) is 0. The minimum Gasteiger partial charge on any atom is -0.308 e. The first-order valence-electron chi connectivity index (χ1n) is 18.7. The Morgan fingerprint density at radius 2 is 0.782 bits per heavy atom. The topological polar surface area (TPSA) is 6.48 Å². The molecule has 0 aliphatic carbocycles. The molecule has 55 heavy (non-hydrogen) atoms. The lowest BCUT2D eigenvalue weighted by Crippen LogP contribution is -2.18. The fourth-order valence-corrected chi connectivity index (χ4v) is 9.17. The third-order valence-corrected chi connectivity index (χ3v) is 11.6. The van der Waals surface area contributed by atoms with E-state index in [1.54, 1.807) is 0 Å². The summed E-state index contributed by atoms with van der Waals surface area (Å²) in [6.07, 6.45) is 0. The highest BCUT2D eigenvalue weighted by Gasteiger charge is 2.28. The highest BCUT2D eigenvalue weighted by atomic mass is 32.1. The Kier molecular flexibility index (Phi) is 8.40. The highest BCUT2D eigenvalue weighted by molar-refractivity contribution is 7.26. The van der Waals surface area contributed by atoms with Gasteiger partial charge in [0, 0.05) is 38.0 Å². The van der Waals surface area contributed by atoms with Crippen LogP contribution in [-0.2, 0) is 0 Å². The van der Waals surface area contributed by atoms with Crippen LogP contribution in [0.2, 0.25) is 0 Å². The normalized spacial score (nSPS) is 11.3. The van der Waals surface area contributed by atoms with E-state index in [2.05, 4.69) is 228 Å². The predicted octanol–water partition coefficient (Wildman–Crippen LogP) is 15.5. The molecule has 1 aromatic heterocycles. The van der Waals surface area contributed by atoms with E-state index in [-0.39, 0.29) is 0 Å². The second-order valence-electron chi connectivity index (χ2n) is 13.7. The van der Waals surface area contributed by atoms with E-state index >= 15 is 0 Å². The van der Waals surface area contributed by atoms with Gasteiger partial charge in [0.2, 0.25) is 0 Å². The van der Waals surface area contributed by atoms with Crippen molar-refractivity contribution in [3.05, 3.63) is 218 Å². The highest BCUT2D eigenvalue weighted by Crippen LogP contribution is 2.54. The van der Waals surface area contributed by atoms with E-state index in [0.29, 0.717) is 0 Å². The van der Waals surface area contributed by atoms with E-state index in [4.69, 9.17) is 0 Å². The van der Waals surface area contributed by atoms with Crippen LogP contribution >= 0.6 is 11.3 Å². The summed E-state index contributed by atoms with van der Waals surface area (Å²) >= 11 is 1.88.